The Morgan fingerprint density at radius 2 is 1.75 bits per heavy atom. The maximum atomic E-state index is 12.8. The van der Waals surface area contributed by atoms with E-state index in [4.69, 9.17) is 0 Å². The fourth-order valence-electron chi connectivity index (χ4n) is 4.07. The number of rotatable bonds is 4. The lowest BCUT2D eigenvalue weighted by molar-refractivity contribution is -0.131. The molecule has 2 N–H and O–H groups in total. The van der Waals surface area contributed by atoms with Crippen molar-refractivity contribution >= 4 is 23.4 Å². The molecule has 0 radical (unpaired) electrons. The third-order valence-corrected chi connectivity index (χ3v) is 5.68. The topological polar surface area (TPSA) is 78.5 Å². The number of para-hydroxylation sites is 1. The van der Waals surface area contributed by atoms with E-state index in [1.165, 1.54) is 6.42 Å². The number of anilines is 1. The van der Waals surface area contributed by atoms with Crippen LogP contribution in [0.2, 0.25) is 0 Å². The van der Waals surface area contributed by atoms with Gasteiger partial charge in [-0.25, -0.2) is 0 Å². The maximum absolute atomic E-state index is 12.8. The van der Waals surface area contributed by atoms with Crippen LogP contribution in [0, 0.1) is 5.92 Å². The van der Waals surface area contributed by atoms with E-state index in [9.17, 15) is 14.4 Å². The molecule has 28 heavy (non-hydrogen) atoms. The predicted octanol–water partition coefficient (Wildman–Crippen LogP) is 3.33. The minimum Gasteiger partial charge on any atom is -0.349 e. The summed E-state index contributed by atoms with van der Waals surface area (Å²) in [6.07, 6.45) is 5.73. The summed E-state index contributed by atoms with van der Waals surface area (Å²) in [5.74, 6) is -0.767. The Bertz CT molecular complexity index is 748. The van der Waals surface area contributed by atoms with Gasteiger partial charge in [-0.1, -0.05) is 31.4 Å². The number of benzene rings is 1. The average Bonchev–Trinajstić information content (AvgIpc) is 3.05. The smallest absolute Gasteiger partial charge is 0.253 e. The molecule has 1 saturated carbocycles. The Balaban J connectivity index is 1.67. The molecule has 3 rings (SSSR count). The number of nitrogens with zero attached hydrogens (tertiary/aromatic N) is 1. The van der Waals surface area contributed by atoms with Gasteiger partial charge in [0.05, 0.1) is 17.2 Å². The molecule has 2 aliphatic rings. The molecule has 1 atom stereocenters. The first kappa shape index (κ1) is 20.4. The maximum Gasteiger partial charge on any atom is 0.253 e. The van der Waals surface area contributed by atoms with Crippen molar-refractivity contribution in [2.45, 2.75) is 70.9 Å². The van der Waals surface area contributed by atoms with E-state index in [1.54, 1.807) is 29.2 Å². The molecule has 1 aromatic rings. The van der Waals surface area contributed by atoms with Gasteiger partial charge in [-0.05, 0) is 45.7 Å². The van der Waals surface area contributed by atoms with E-state index < -0.39 is 5.92 Å². The number of nitrogens with one attached hydrogen (secondary N) is 2. The molecular formula is C22H31N3O3. The highest BCUT2D eigenvalue weighted by Gasteiger charge is 2.39. The van der Waals surface area contributed by atoms with Crippen molar-refractivity contribution in [1.82, 2.24) is 10.2 Å². The molecule has 6 heteroatoms. The molecule has 6 nitrogen and oxygen atoms in total. The van der Waals surface area contributed by atoms with Crippen molar-refractivity contribution in [2.24, 2.45) is 5.92 Å². The Kier molecular flexibility index (Phi) is 6.06. The quantitative estimate of drug-likeness (QED) is 0.834. The van der Waals surface area contributed by atoms with Crippen LogP contribution in [0.4, 0.5) is 5.69 Å². The molecule has 3 amide bonds. The highest BCUT2D eigenvalue weighted by Crippen LogP contribution is 2.27. The molecular weight excluding hydrogens is 354 g/mol. The van der Waals surface area contributed by atoms with Crippen molar-refractivity contribution in [2.75, 3.05) is 11.9 Å². The van der Waals surface area contributed by atoms with Crippen LogP contribution in [0.25, 0.3) is 0 Å². The summed E-state index contributed by atoms with van der Waals surface area (Å²) < 4.78 is 0. The van der Waals surface area contributed by atoms with Gasteiger partial charge in [-0.15, -0.1) is 0 Å². The lowest BCUT2D eigenvalue weighted by atomic mass is 9.95. The number of amides is 3. The van der Waals surface area contributed by atoms with E-state index >= 15 is 0 Å². The normalized spacial score (nSPS) is 20.9. The molecule has 152 valence electrons. The minimum atomic E-state index is -0.402. The minimum absolute atomic E-state index is 0.00373. The molecule has 1 aliphatic carbocycles. The third kappa shape index (κ3) is 4.72. The Labute approximate surface area is 167 Å². The van der Waals surface area contributed by atoms with E-state index in [2.05, 4.69) is 10.6 Å². The van der Waals surface area contributed by atoms with Crippen LogP contribution in [0.3, 0.4) is 0 Å². The lowest BCUT2D eigenvalue weighted by Crippen LogP contribution is -2.42. The molecule has 1 aromatic carbocycles. The molecule has 1 unspecified atom stereocenters. The van der Waals surface area contributed by atoms with Gasteiger partial charge in [-0.2, -0.15) is 0 Å². The summed E-state index contributed by atoms with van der Waals surface area (Å²) in [4.78, 5) is 39.5. The zero-order valence-corrected chi connectivity index (χ0v) is 17.1. The van der Waals surface area contributed by atoms with Crippen LogP contribution in [0.15, 0.2) is 24.3 Å². The van der Waals surface area contributed by atoms with Gasteiger partial charge in [0.25, 0.3) is 5.91 Å². The van der Waals surface area contributed by atoms with E-state index in [0.29, 0.717) is 17.8 Å². The summed E-state index contributed by atoms with van der Waals surface area (Å²) in [6.45, 7) is 6.31. The molecule has 0 aromatic heterocycles. The Hall–Kier alpha value is -2.37. The predicted molar refractivity (Wildman–Crippen MR) is 109 cm³/mol. The fourth-order valence-corrected chi connectivity index (χ4v) is 4.07. The molecule has 2 fully saturated rings. The van der Waals surface area contributed by atoms with Gasteiger partial charge in [0, 0.05) is 24.5 Å². The van der Waals surface area contributed by atoms with Crippen molar-refractivity contribution in [3.05, 3.63) is 29.8 Å². The summed E-state index contributed by atoms with van der Waals surface area (Å²) in [5.41, 5.74) is 0.671. The van der Waals surface area contributed by atoms with Crippen molar-refractivity contribution in [1.29, 1.82) is 0 Å². The van der Waals surface area contributed by atoms with Gasteiger partial charge in [-0.3, -0.25) is 14.4 Å². The molecule has 1 aliphatic heterocycles. The number of likely N-dealkylation sites (tertiary alicyclic amines) is 1. The van der Waals surface area contributed by atoms with Crippen LogP contribution < -0.4 is 10.6 Å². The summed E-state index contributed by atoms with van der Waals surface area (Å²) in [7, 11) is 0. The van der Waals surface area contributed by atoms with Crippen LogP contribution >= 0.6 is 0 Å². The standard InChI is InChI=1S/C22H31N3O3/c1-22(2,3)25-14-15(13-19(25)26)20(27)24-18-12-8-7-11-17(18)21(28)23-16-9-5-4-6-10-16/h7-8,11-12,15-16H,4-6,9-10,13-14H2,1-3H3,(H,23,28)(H,24,27). The second kappa shape index (κ2) is 8.33. The zero-order valence-electron chi connectivity index (χ0n) is 17.1. The summed E-state index contributed by atoms with van der Waals surface area (Å²) in [5, 5.41) is 5.98. The van der Waals surface area contributed by atoms with Gasteiger partial charge >= 0.3 is 0 Å². The first-order chi connectivity index (χ1) is 13.3. The van der Waals surface area contributed by atoms with Crippen LogP contribution in [0.5, 0.6) is 0 Å². The van der Waals surface area contributed by atoms with Gasteiger partial charge in [0.1, 0.15) is 0 Å². The Morgan fingerprint density at radius 1 is 1.07 bits per heavy atom. The van der Waals surface area contributed by atoms with Gasteiger partial charge < -0.3 is 15.5 Å². The van der Waals surface area contributed by atoms with Crippen molar-refractivity contribution in [3.63, 3.8) is 0 Å². The highest BCUT2D eigenvalue weighted by atomic mass is 16.2. The molecule has 0 spiro atoms. The van der Waals surface area contributed by atoms with Gasteiger partial charge in [0.15, 0.2) is 0 Å². The number of carbonyl (C=O) groups excluding carboxylic acids is 3. The number of hydrogen-bond acceptors (Lipinski definition) is 3. The van der Waals surface area contributed by atoms with E-state index in [1.807, 2.05) is 20.8 Å². The number of carbonyl (C=O) groups is 3. The van der Waals surface area contributed by atoms with Gasteiger partial charge in [0.2, 0.25) is 11.8 Å². The zero-order chi connectivity index (χ0) is 20.3. The Morgan fingerprint density at radius 3 is 2.39 bits per heavy atom. The second-order valence-corrected chi connectivity index (χ2v) is 8.92. The fraction of sp³-hybridized carbons (Fsp3) is 0.591. The largest absolute Gasteiger partial charge is 0.349 e. The monoisotopic (exact) mass is 385 g/mol. The molecule has 1 heterocycles. The molecule has 0 bridgehead atoms. The number of hydrogen-bond donors (Lipinski definition) is 2. The molecule has 1 saturated heterocycles. The van der Waals surface area contributed by atoms with Crippen molar-refractivity contribution < 1.29 is 14.4 Å². The SMILES string of the molecule is CC(C)(C)N1CC(C(=O)Nc2ccccc2C(=O)NC2CCCCC2)CC1=O. The third-order valence-electron chi connectivity index (χ3n) is 5.68. The first-order valence-electron chi connectivity index (χ1n) is 10.3. The van der Waals surface area contributed by atoms with Crippen LogP contribution in [0.1, 0.15) is 69.7 Å². The summed E-state index contributed by atoms with van der Waals surface area (Å²) in [6, 6.07) is 7.28. The average molecular weight is 386 g/mol. The van der Waals surface area contributed by atoms with E-state index in [-0.39, 0.29) is 35.7 Å². The van der Waals surface area contributed by atoms with Crippen LogP contribution in [-0.2, 0) is 9.59 Å². The van der Waals surface area contributed by atoms with Crippen molar-refractivity contribution in [3.8, 4) is 0 Å². The lowest BCUT2D eigenvalue weighted by Gasteiger charge is -2.32. The second-order valence-electron chi connectivity index (χ2n) is 8.92. The first-order valence-corrected chi connectivity index (χ1v) is 10.3. The van der Waals surface area contributed by atoms with Crippen LogP contribution in [-0.4, -0.2) is 40.7 Å². The summed E-state index contributed by atoms with van der Waals surface area (Å²) >= 11 is 0. The van der Waals surface area contributed by atoms with E-state index in [0.717, 1.165) is 25.7 Å². The highest BCUT2D eigenvalue weighted by molar-refractivity contribution is 6.05.